The molecular weight excluding hydrogens is 637 g/mol. The summed E-state index contributed by atoms with van der Waals surface area (Å²) >= 11 is 3.61. The number of thioether (sulfide) groups is 2. The van der Waals surface area contributed by atoms with E-state index in [-0.39, 0.29) is 10.7 Å². The molecule has 0 spiro atoms. The van der Waals surface area contributed by atoms with E-state index >= 15 is 0 Å². The number of nitrogens with one attached hydrogen (secondary N) is 2. The average molecular weight is 679 g/mol. The largest absolute Gasteiger partial charge is 0.354 e. The molecule has 5 heteroatoms. The van der Waals surface area contributed by atoms with Crippen molar-refractivity contribution in [2.24, 2.45) is 0 Å². The third-order valence-electron chi connectivity index (χ3n) is 8.72. The standard InChI is InChI=1S/C44H42N2OS2/c47-42(35-49-44(39-25-13-4-14-26-39,40-27-15-5-16-28-40)41-29-17-6-18-30-41)46-32-31-45-33-34-48-43(36-19-7-1-8-20-36,37-21-9-2-10-22-37)38-23-11-3-12-24-38/h1-30,45H,31-35H2,(H,46,47). The van der Waals surface area contributed by atoms with E-state index in [0.29, 0.717) is 18.8 Å². The first-order chi connectivity index (χ1) is 24.2. The quantitative estimate of drug-likeness (QED) is 0.0792. The molecule has 0 saturated heterocycles. The highest BCUT2D eigenvalue weighted by molar-refractivity contribution is 8.01. The van der Waals surface area contributed by atoms with Crippen molar-refractivity contribution in [3.8, 4) is 0 Å². The molecule has 2 N–H and O–H groups in total. The Kier molecular flexibility index (Phi) is 12.1. The van der Waals surface area contributed by atoms with Crippen LogP contribution in [-0.4, -0.2) is 37.0 Å². The number of rotatable bonds is 16. The second-order valence-electron chi connectivity index (χ2n) is 11.8. The number of amides is 1. The fourth-order valence-corrected chi connectivity index (χ4v) is 9.27. The molecule has 0 bridgehead atoms. The average Bonchev–Trinajstić information content (AvgIpc) is 3.18. The van der Waals surface area contributed by atoms with Crippen LogP contribution in [0, 0.1) is 0 Å². The maximum atomic E-state index is 13.3. The van der Waals surface area contributed by atoms with E-state index in [0.717, 1.165) is 29.0 Å². The van der Waals surface area contributed by atoms with Crippen LogP contribution in [0.3, 0.4) is 0 Å². The highest BCUT2D eigenvalue weighted by atomic mass is 32.2. The minimum absolute atomic E-state index is 0.0320. The number of benzene rings is 6. The summed E-state index contributed by atoms with van der Waals surface area (Å²) in [5.74, 6) is 1.27. The zero-order valence-electron chi connectivity index (χ0n) is 27.6. The van der Waals surface area contributed by atoms with Crippen LogP contribution in [0.1, 0.15) is 33.4 Å². The zero-order valence-corrected chi connectivity index (χ0v) is 29.2. The summed E-state index contributed by atoms with van der Waals surface area (Å²) < 4.78 is -0.848. The summed E-state index contributed by atoms with van der Waals surface area (Å²) in [6, 6.07) is 63.9. The van der Waals surface area contributed by atoms with Gasteiger partial charge in [0.25, 0.3) is 0 Å². The van der Waals surface area contributed by atoms with Crippen LogP contribution in [-0.2, 0) is 14.3 Å². The van der Waals surface area contributed by atoms with Gasteiger partial charge in [-0.05, 0) is 33.4 Å². The Labute approximate surface area is 299 Å². The van der Waals surface area contributed by atoms with Crippen LogP contribution in [0.4, 0.5) is 0 Å². The molecule has 0 aliphatic heterocycles. The molecule has 6 aromatic carbocycles. The lowest BCUT2D eigenvalue weighted by Gasteiger charge is -2.35. The van der Waals surface area contributed by atoms with Gasteiger partial charge in [0.15, 0.2) is 0 Å². The van der Waals surface area contributed by atoms with Gasteiger partial charge >= 0.3 is 0 Å². The Bertz CT molecular complexity index is 1650. The van der Waals surface area contributed by atoms with Gasteiger partial charge in [-0.15, -0.1) is 23.5 Å². The van der Waals surface area contributed by atoms with Crippen molar-refractivity contribution in [2.75, 3.05) is 31.1 Å². The summed E-state index contributed by atoms with van der Waals surface area (Å²) in [7, 11) is 0. The highest BCUT2D eigenvalue weighted by Crippen LogP contribution is 2.49. The molecule has 0 aliphatic rings. The van der Waals surface area contributed by atoms with Crippen molar-refractivity contribution in [2.45, 2.75) is 9.49 Å². The van der Waals surface area contributed by atoms with Gasteiger partial charge in [-0.1, -0.05) is 182 Å². The first-order valence-electron chi connectivity index (χ1n) is 16.8. The van der Waals surface area contributed by atoms with Gasteiger partial charge in [-0.25, -0.2) is 0 Å². The smallest absolute Gasteiger partial charge is 0.230 e. The summed E-state index contributed by atoms with van der Waals surface area (Å²) in [6.45, 7) is 2.09. The number of carbonyl (C=O) groups excluding carboxylic acids is 1. The maximum Gasteiger partial charge on any atom is 0.230 e. The normalized spacial score (nSPS) is 11.6. The molecule has 3 nitrogen and oxygen atoms in total. The van der Waals surface area contributed by atoms with Crippen molar-refractivity contribution in [1.82, 2.24) is 10.6 Å². The maximum absolute atomic E-state index is 13.3. The number of hydrogen-bond acceptors (Lipinski definition) is 4. The molecule has 0 fully saturated rings. The molecule has 0 heterocycles. The van der Waals surface area contributed by atoms with Crippen LogP contribution in [0.25, 0.3) is 0 Å². The third-order valence-corrected chi connectivity index (χ3v) is 11.8. The molecule has 0 aromatic heterocycles. The Hall–Kier alpha value is -4.55. The number of hydrogen-bond donors (Lipinski definition) is 2. The summed E-state index contributed by atoms with van der Waals surface area (Å²) in [4.78, 5) is 13.3. The van der Waals surface area contributed by atoms with Gasteiger partial charge < -0.3 is 10.6 Å². The lowest BCUT2D eigenvalue weighted by molar-refractivity contribution is -0.118. The highest BCUT2D eigenvalue weighted by Gasteiger charge is 2.38. The van der Waals surface area contributed by atoms with Gasteiger partial charge in [-0.2, -0.15) is 0 Å². The zero-order chi connectivity index (χ0) is 33.6. The predicted octanol–water partition coefficient (Wildman–Crippen LogP) is 9.14. The molecule has 0 radical (unpaired) electrons. The molecular formula is C44H42N2OS2. The fourth-order valence-electron chi connectivity index (χ4n) is 6.45. The third kappa shape index (κ3) is 8.02. The molecule has 1 amide bonds. The fraction of sp³-hybridized carbons (Fsp3) is 0.159. The van der Waals surface area contributed by atoms with E-state index in [1.165, 1.54) is 16.7 Å². The molecule has 246 valence electrons. The Morgan fingerprint density at radius 2 is 0.714 bits per heavy atom. The van der Waals surface area contributed by atoms with Gasteiger partial charge in [0, 0.05) is 25.4 Å². The van der Waals surface area contributed by atoms with Crippen LogP contribution in [0.2, 0.25) is 0 Å². The van der Waals surface area contributed by atoms with Crippen molar-refractivity contribution in [1.29, 1.82) is 0 Å². The lowest BCUT2D eigenvalue weighted by Crippen LogP contribution is -2.35. The van der Waals surface area contributed by atoms with Crippen molar-refractivity contribution >= 4 is 29.4 Å². The SMILES string of the molecule is O=C(CSC(c1ccccc1)(c1ccccc1)c1ccccc1)NCCNCCSC(c1ccccc1)(c1ccccc1)c1ccccc1. The van der Waals surface area contributed by atoms with Crippen LogP contribution >= 0.6 is 23.5 Å². The van der Waals surface area contributed by atoms with Crippen molar-refractivity contribution in [3.05, 3.63) is 215 Å². The predicted molar refractivity (Wildman–Crippen MR) is 209 cm³/mol. The van der Waals surface area contributed by atoms with Gasteiger partial charge in [0.05, 0.1) is 15.2 Å². The van der Waals surface area contributed by atoms with E-state index in [9.17, 15) is 4.79 Å². The topological polar surface area (TPSA) is 41.1 Å². The van der Waals surface area contributed by atoms with Crippen molar-refractivity contribution < 1.29 is 4.79 Å². The van der Waals surface area contributed by atoms with Gasteiger partial charge in [-0.3, -0.25) is 4.79 Å². The molecule has 0 atom stereocenters. The Morgan fingerprint density at radius 1 is 0.408 bits per heavy atom. The number of carbonyl (C=O) groups is 1. The first-order valence-corrected chi connectivity index (χ1v) is 18.8. The van der Waals surface area contributed by atoms with Crippen LogP contribution < -0.4 is 10.6 Å². The molecule has 6 rings (SSSR count). The molecule has 0 saturated carbocycles. The van der Waals surface area contributed by atoms with Gasteiger partial charge in [0.2, 0.25) is 5.91 Å². The molecule has 0 unspecified atom stereocenters. The second-order valence-corrected chi connectivity index (χ2v) is 14.3. The van der Waals surface area contributed by atoms with E-state index in [4.69, 9.17) is 0 Å². The lowest BCUT2D eigenvalue weighted by atomic mass is 9.84. The minimum Gasteiger partial charge on any atom is -0.354 e. The molecule has 6 aromatic rings. The van der Waals surface area contributed by atoms with Crippen LogP contribution in [0.5, 0.6) is 0 Å². The van der Waals surface area contributed by atoms with Crippen molar-refractivity contribution in [3.63, 3.8) is 0 Å². The van der Waals surface area contributed by atoms with E-state index in [1.54, 1.807) is 11.8 Å². The van der Waals surface area contributed by atoms with Crippen LogP contribution in [0.15, 0.2) is 182 Å². The minimum atomic E-state index is -0.515. The second kappa shape index (κ2) is 17.2. The van der Waals surface area contributed by atoms with E-state index < -0.39 is 4.75 Å². The summed E-state index contributed by atoms with van der Waals surface area (Å²) in [6.07, 6.45) is 0. The Morgan fingerprint density at radius 3 is 1.04 bits per heavy atom. The van der Waals surface area contributed by atoms with E-state index in [2.05, 4.69) is 174 Å². The monoisotopic (exact) mass is 678 g/mol. The van der Waals surface area contributed by atoms with Gasteiger partial charge in [0.1, 0.15) is 0 Å². The summed E-state index contributed by atoms with van der Waals surface area (Å²) in [5.41, 5.74) is 7.25. The first kappa shape index (κ1) is 34.3. The van der Waals surface area contributed by atoms with E-state index in [1.807, 2.05) is 30.0 Å². The molecule has 49 heavy (non-hydrogen) atoms. The Balaban J connectivity index is 1.08. The molecule has 0 aliphatic carbocycles. The summed E-state index contributed by atoms with van der Waals surface area (Å²) in [5, 5.41) is 6.74.